The molecular formula is C26H30Br2N2. The van der Waals surface area contributed by atoms with Crippen LogP contribution in [-0.2, 0) is 0 Å². The Kier molecular flexibility index (Phi) is 5.93. The molecule has 0 saturated carbocycles. The lowest BCUT2D eigenvalue weighted by Crippen LogP contribution is -2.11. The number of benzene rings is 2. The lowest BCUT2D eigenvalue weighted by molar-refractivity contribution is 0.611. The van der Waals surface area contributed by atoms with Gasteiger partial charge in [-0.1, -0.05) is 55.2 Å². The van der Waals surface area contributed by atoms with Gasteiger partial charge in [0.2, 0.25) is 0 Å². The first-order valence-electron chi connectivity index (χ1n) is 10.5. The van der Waals surface area contributed by atoms with E-state index in [9.17, 15) is 0 Å². The van der Waals surface area contributed by atoms with Crippen molar-refractivity contribution in [2.45, 2.75) is 38.5 Å². The van der Waals surface area contributed by atoms with Gasteiger partial charge in [-0.2, -0.15) is 0 Å². The fourth-order valence-electron chi connectivity index (χ4n) is 4.89. The number of hydrogen-bond donors (Lipinski definition) is 0. The van der Waals surface area contributed by atoms with Crippen LogP contribution in [-0.4, -0.2) is 28.2 Å². The van der Waals surface area contributed by atoms with Gasteiger partial charge in [0.1, 0.15) is 0 Å². The first-order valence-corrected chi connectivity index (χ1v) is 12.1. The summed E-state index contributed by atoms with van der Waals surface area (Å²) in [6, 6.07) is 9.21. The van der Waals surface area contributed by atoms with Gasteiger partial charge >= 0.3 is 0 Å². The molecule has 2 aliphatic carbocycles. The van der Waals surface area contributed by atoms with Crippen LogP contribution in [0.1, 0.15) is 60.8 Å². The molecule has 30 heavy (non-hydrogen) atoms. The van der Waals surface area contributed by atoms with Crippen molar-refractivity contribution in [1.29, 1.82) is 0 Å². The normalized spacial score (nSPS) is 19.3. The number of fused-ring (bicyclic) bond motifs is 2. The maximum Gasteiger partial charge on any atom is 0.0375 e. The van der Waals surface area contributed by atoms with E-state index in [4.69, 9.17) is 0 Å². The number of rotatable bonds is 5. The third kappa shape index (κ3) is 3.78. The van der Waals surface area contributed by atoms with E-state index in [0.29, 0.717) is 11.8 Å². The van der Waals surface area contributed by atoms with E-state index in [1.54, 1.807) is 0 Å². The van der Waals surface area contributed by atoms with Crippen molar-refractivity contribution in [1.82, 2.24) is 0 Å². The third-order valence-electron chi connectivity index (χ3n) is 6.66. The van der Waals surface area contributed by atoms with Gasteiger partial charge in [-0.05, 0) is 73.2 Å². The van der Waals surface area contributed by atoms with Crippen LogP contribution in [0.2, 0.25) is 0 Å². The molecule has 0 heterocycles. The Hall–Kier alpha value is -1.52. The molecule has 2 atom stereocenters. The SMILES string of the molecule is CC1=Cc2c(Br)cc(N(C)C)cc2C1CCC1C(C)=Cc2c(Br)cc(N(C)C)cc21. The molecule has 0 aromatic heterocycles. The number of anilines is 2. The Labute approximate surface area is 197 Å². The van der Waals surface area contributed by atoms with Crippen LogP contribution in [0.15, 0.2) is 44.4 Å². The maximum absolute atomic E-state index is 3.81. The second kappa shape index (κ2) is 8.20. The zero-order valence-electron chi connectivity index (χ0n) is 18.7. The summed E-state index contributed by atoms with van der Waals surface area (Å²) in [6.45, 7) is 4.58. The summed E-state index contributed by atoms with van der Waals surface area (Å²) in [5, 5.41) is 0. The highest BCUT2D eigenvalue weighted by atomic mass is 79.9. The number of allylic oxidation sites excluding steroid dienone is 2. The number of nitrogens with zero attached hydrogens (tertiary/aromatic N) is 2. The fourth-order valence-corrected chi connectivity index (χ4v) is 6.05. The smallest absolute Gasteiger partial charge is 0.0375 e. The van der Waals surface area contributed by atoms with E-state index < -0.39 is 0 Å². The van der Waals surface area contributed by atoms with Crippen molar-refractivity contribution in [2.24, 2.45) is 0 Å². The summed E-state index contributed by atoms with van der Waals surface area (Å²) >= 11 is 7.62. The highest BCUT2D eigenvalue weighted by Gasteiger charge is 2.29. The van der Waals surface area contributed by atoms with Gasteiger partial charge in [-0.15, -0.1) is 0 Å². The molecule has 4 heteroatoms. The van der Waals surface area contributed by atoms with Crippen LogP contribution in [0.5, 0.6) is 0 Å². The topological polar surface area (TPSA) is 6.48 Å². The van der Waals surface area contributed by atoms with Gasteiger partial charge in [0.25, 0.3) is 0 Å². The molecule has 2 aromatic carbocycles. The summed E-state index contributed by atoms with van der Waals surface area (Å²) in [4.78, 5) is 4.38. The minimum atomic E-state index is 0.494. The molecule has 4 rings (SSSR count). The molecule has 0 N–H and O–H groups in total. The Morgan fingerprint density at radius 1 is 0.667 bits per heavy atom. The molecule has 2 unspecified atom stereocenters. The van der Waals surface area contributed by atoms with E-state index in [1.165, 1.54) is 53.7 Å². The van der Waals surface area contributed by atoms with Gasteiger partial charge in [0.05, 0.1) is 0 Å². The minimum absolute atomic E-state index is 0.494. The highest BCUT2D eigenvalue weighted by Crippen LogP contribution is 2.48. The van der Waals surface area contributed by atoms with E-state index in [1.807, 2.05) is 0 Å². The monoisotopic (exact) mass is 528 g/mol. The average molecular weight is 530 g/mol. The second-order valence-corrected chi connectivity index (χ2v) is 10.8. The molecule has 2 aromatic rings. The van der Waals surface area contributed by atoms with Crippen LogP contribution in [0, 0.1) is 0 Å². The average Bonchev–Trinajstić information content (AvgIpc) is 3.16. The lowest BCUT2D eigenvalue weighted by Gasteiger charge is -2.23. The largest absolute Gasteiger partial charge is 0.378 e. The minimum Gasteiger partial charge on any atom is -0.378 e. The molecule has 0 fully saturated rings. The fraction of sp³-hybridized carbons (Fsp3) is 0.385. The second-order valence-electron chi connectivity index (χ2n) is 9.11. The van der Waals surface area contributed by atoms with E-state index in [0.717, 1.165) is 12.8 Å². The lowest BCUT2D eigenvalue weighted by atomic mass is 9.84. The van der Waals surface area contributed by atoms with Crippen molar-refractivity contribution in [3.05, 3.63) is 66.6 Å². The van der Waals surface area contributed by atoms with Gasteiger partial charge in [-0.3, -0.25) is 0 Å². The van der Waals surface area contributed by atoms with Gasteiger partial charge in [0.15, 0.2) is 0 Å². The number of hydrogen-bond acceptors (Lipinski definition) is 2. The first kappa shape index (κ1) is 21.7. The summed E-state index contributed by atoms with van der Waals surface area (Å²) in [5.74, 6) is 0.988. The highest BCUT2D eigenvalue weighted by molar-refractivity contribution is 9.10. The molecular weight excluding hydrogens is 500 g/mol. The summed E-state index contributed by atoms with van der Waals surface area (Å²) in [7, 11) is 8.45. The van der Waals surface area contributed by atoms with Crippen molar-refractivity contribution in [2.75, 3.05) is 38.0 Å². The van der Waals surface area contributed by atoms with Crippen LogP contribution < -0.4 is 9.80 Å². The molecule has 158 valence electrons. The van der Waals surface area contributed by atoms with Crippen molar-refractivity contribution in [3.8, 4) is 0 Å². The van der Waals surface area contributed by atoms with Crippen molar-refractivity contribution in [3.63, 3.8) is 0 Å². The first-order chi connectivity index (χ1) is 14.2. The van der Waals surface area contributed by atoms with Gasteiger partial charge in [-0.25, -0.2) is 0 Å². The molecule has 2 aliphatic rings. The predicted octanol–water partition coefficient (Wildman–Crippen LogP) is 7.83. The zero-order chi connectivity index (χ0) is 21.7. The molecule has 0 radical (unpaired) electrons. The summed E-state index contributed by atoms with van der Waals surface area (Å²) < 4.78 is 2.40. The Balaban J connectivity index is 1.62. The third-order valence-corrected chi connectivity index (χ3v) is 7.98. The molecule has 0 spiro atoms. The molecule has 0 saturated heterocycles. The Morgan fingerprint density at radius 2 is 1.03 bits per heavy atom. The van der Waals surface area contributed by atoms with Crippen molar-refractivity contribution >= 4 is 55.4 Å². The molecule has 0 aliphatic heterocycles. The molecule has 2 nitrogen and oxygen atoms in total. The number of halogens is 2. The van der Waals surface area contributed by atoms with Crippen LogP contribution >= 0.6 is 31.9 Å². The van der Waals surface area contributed by atoms with Gasteiger partial charge < -0.3 is 9.80 Å². The molecule has 0 bridgehead atoms. The van der Waals surface area contributed by atoms with Crippen LogP contribution in [0.25, 0.3) is 12.2 Å². The van der Waals surface area contributed by atoms with E-state index >= 15 is 0 Å². The van der Waals surface area contributed by atoms with E-state index in [-0.39, 0.29) is 0 Å². The zero-order valence-corrected chi connectivity index (χ0v) is 21.9. The van der Waals surface area contributed by atoms with Gasteiger partial charge in [0, 0.05) is 60.3 Å². The van der Waals surface area contributed by atoms with E-state index in [2.05, 4.69) is 120 Å². The standard InChI is InChI=1S/C26H30Br2N2/c1-15-9-23-21(11-17(29(3)4)13-25(23)27)19(15)7-8-20-16(2)10-24-22(20)12-18(30(5)6)14-26(24)28/h9-14,19-20H,7-8H2,1-6H3. The van der Waals surface area contributed by atoms with Crippen molar-refractivity contribution < 1.29 is 0 Å². The Morgan fingerprint density at radius 3 is 1.37 bits per heavy atom. The quantitative estimate of drug-likeness (QED) is 0.389. The maximum atomic E-state index is 3.81. The summed E-state index contributed by atoms with van der Waals surface area (Å²) in [5.41, 5.74) is 11.1. The summed E-state index contributed by atoms with van der Waals surface area (Å²) in [6.07, 6.45) is 7.07. The predicted molar refractivity (Wildman–Crippen MR) is 139 cm³/mol. The molecule has 0 amide bonds. The Bertz CT molecular complexity index is 978. The van der Waals surface area contributed by atoms with Crippen LogP contribution in [0.4, 0.5) is 11.4 Å². The van der Waals surface area contributed by atoms with Crippen LogP contribution in [0.3, 0.4) is 0 Å².